The summed E-state index contributed by atoms with van der Waals surface area (Å²) < 4.78 is 19.2. The molecule has 0 saturated carbocycles. The normalized spacial score (nSPS) is 10.4. The Bertz CT molecular complexity index is 584. The van der Waals surface area contributed by atoms with Crippen molar-refractivity contribution in [2.24, 2.45) is 0 Å². The molecule has 0 spiro atoms. The maximum absolute atomic E-state index is 13.1. The Morgan fingerprint density at radius 2 is 1.72 bits per heavy atom. The van der Waals surface area contributed by atoms with E-state index < -0.39 is 5.82 Å². The summed E-state index contributed by atoms with van der Waals surface area (Å²) in [5.74, 6) is 0.0956. The number of hydrogen-bond donors (Lipinski definition) is 1. The first-order valence-electron chi connectivity index (χ1n) is 4.85. The van der Waals surface area contributed by atoms with Crippen molar-refractivity contribution in [2.45, 2.75) is 0 Å². The fourth-order valence-corrected chi connectivity index (χ4v) is 2.25. The largest absolute Gasteiger partial charge is 0.453 e. The average Bonchev–Trinajstić information content (AvgIpc) is 2.28. The number of nitrogens with two attached hydrogens (primary N) is 1. The van der Waals surface area contributed by atoms with Crippen LogP contribution < -0.4 is 10.5 Å². The molecule has 2 aromatic rings. The minimum Gasteiger partial charge on any atom is -0.453 e. The molecule has 0 heterocycles. The first-order chi connectivity index (χ1) is 8.47. The summed E-state index contributed by atoms with van der Waals surface area (Å²) in [6.07, 6.45) is 0. The predicted octanol–water partition coefficient (Wildman–Crippen LogP) is 5.27. The fourth-order valence-electron chi connectivity index (χ4n) is 1.34. The molecular weight excluding hydrogens is 344 g/mol. The van der Waals surface area contributed by atoms with E-state index in [2.05, 4.69) is 15.9 Å². The molecule has 6 heteroatoms. The molecule has 0 amide bonds. The van der Waals surface area contributed by atoms with Crippen LogP contribution >= 0.6 is 39.1 Å². The van der Waals surface area contributed by atoms with Crippen LogP contribution in [-0.2, 0) is 0 Å². The Kier molecular flexibility index (Phi) is 4.00. The van der Waals surface area contributed by atoms with Gasteiger partial charge in [0.1, 0.15) is 11.6 Å². The third kappa shape index (κ3) is 2.88. The standard InChI is InChI=1S/C12H7BrCl2FNO/c13-8-2-1-6(16)3-11(8)18-12-9(14)4-7(17)5-10(12)15/h1-5H,17H2. The van der Waals surface area contributed by atoms with Gasteiger partial charge in [-0.15, -0.1) is 0 Å². The Labute approximate surface area is 122 Å². The van der Waals surface area contributed by atoms with Crippen molar-refractivity contribution in [2.75, 3.05) is 5.73 Å². The van der Waals surface area contributed by atoms with Gasteiger partial charge in [0.2, 0.25) is 0 Å². The van der Waals surface area contributed by atoms with E-state index in [1.54, 1.807) is 0 Å². The Balaban J connectivity index is 2.43. The lowest BCUT2D eigenvalue weighted by atomic mass is 10.3. The SMILES string of the molecule is Nc1cc(Cl)c(Oc2cc(F)ccc2Br)c(Cl)c1. The summed E-state index contributed by atoms with van der Waals surface area (Å²) in [5, 5.41) is 0.521. The number of anilines is 1. The van der Waals surface area contributed by atoms with Gasteiger partial charge in [-0.3, -0.25) is 0 Å². The van der Waals surface area contributed by atoms with Gasteiger partial charge in [-0.1, -0.05) is 23.2 Å². The molecule has 2 nitrogen and oxygen atoms in total. The number of rotatable bonds is 2. The van der Waals surface area contributed by atoms with Gasteiger partial charge in [0.15, 0.2) is 5.75 Å². The topological polar surface area (TPSA) is 35.2 Å². The molecule has 2 N–H and O–H groups in total. The maximum Gasteiger partial charge on any atom is 0.164 e. The molecule has 0 bridgehead atoms. The molecule has 2 aromatic carbocycles. The minimum atomic E-state index is -0.420. The zero-order chi connectivity index (χ0) is 13.3. The molecule has 0 aliphatic heterocycles. The summed E-state index contributed by atoms with van der Waals surface area (Å²) in [4.78, 5) is 0. The van der Waals surface area contributed by atoms with Crippen molar-refractivity contribution in [1.29, 1.82) is 0 Å². The highest BCUT2D eigenvalue weighted by atomic mass is 79.9. The molecule has 0 radical (unpaired) electrons. The van der Waals surface area contributed by atoms with Crippen LogP contribution in [0.5, 0.6) is 11.5 Å². The van der Waals surface area contributed by atoms with Crippen molar-refractivity contribution in [3.8, 4) is 11.5 Å². The number of halogens is 4. The smallest absolute Gasteiger partial charge is 0.164 e. The second kappa shape index (κ2) is 5.34. The summed E-state index contributed by atoms with van der Waals surface area (Å²) in [6, 6.07) is 7.09. The van der Waals surface area contributed by atoms with Gasteiger partial charge in [0.25, 0.3) is 0 Å². The Morgan fingerprint density at radius 3 is 2.33 bits per heavy atom. The maximum atomic E-state index is 13.1. The Morgan fingerprint density at radius 1 is 1.11 bits per heavy atom. The lowest BCUT2D eigenvalue weighted by molar-refractivity contribution is 0.474. The van der Waals surface area contributed by atoms with Crippen LogP contribution in [0.1, 0.15) is 0 Å². The number of benzene rings is 2. The van der Waals surface area contributed by atoms with Crippen molar-refractivity contribution in [1.82, 2.24) is 0 Å². The predicted molar refractivity (Wildman–Crippen MR) is 75.0 cm³/mol. The highest BCUT2D eigenvalue weighted by molar-refractivity contribution is 9.10. The summed E-state index contributed by atoms with van der Waals surface area (Å²) in [5.41, 5.74) is 6.01. The van der Waals surface area contributed by atoms with E-state index in [1.165, 1.54) is 30.3 Å². The number of ether oxygens (including phenoxy) is 1. The molecule has 0 aromatic heterocycles. The third-order valence-electron chi connectivity index (χ3n) is 2.13. The van der Waals surface area contributed by atoms with E-state index in [0.717, 1.165) is 0 Å². The van der Waals surface area contributed by atoms with Crippen LogP contribution in [0.25, 0.3) is 0 Å². The van der Waals surface area contributed by atoms with Crippen LogP contribution in [0, 0.1) is 5.82 Å². The second-order valence-electron chi connectivity index (χ2n) is 3.49. The summed E-state index contributed by atoms with van der Waals surface area (Å²) in [6.45, 7) is 0. The highest BCUT2D eigenvalue weighted by Gasteiger charge is 2.12. The molecular formula is C12H7BrCl2FNO. The van der Waals surface area contributed by atoms with Crippen LogP contribution in [-0.4, -0.2) is 0 Å². The van der Waals surface area contributed by atoms with Crippen LogP contribution in [0.3, 0.4) is 0 Å². The van der Waals surface area contributed by atoms with Gasteiger partial charge in [0, 0.05) is 11.8 Å². The first kappa shape index (κ1) is 13.5. The highest BCUT2D eigenvalue weighted by Crippen LogP contribution is 2.40. The van der Waals surface area contributed by atoms with Gasteiger partial charge in [-0.2, -0.15) is 0 Å². The zero-order valence-electron chi connectivity index (χ0n) is 8.88. The van der Waals surface area contributed by atoms with E-state index in [-0.39, 0.29) is 21.5 Å². The van der Waals surface area contributed by atoms with Gasteiger partial charge >= 0.3 is 0 Å². The number of hydrogen-bond acceptors (Lipinski definition) is 2. The lowest BCUT2D eigenvalue weighted by Gasteiger charge is -2.11. The Hall–Kier alpha value is -0.970. The molecule has 0 atom stereocenters. The van der Waals surface area contributed by atoms with Gasteiger partial charge in [0.05, 0.1) is 14.5 Å². The molecule has 94 valence electrons. The van der Waals surface area contributed by atoms with Crippen molar-refractivity contribution in [3.63, 3.8) is 0 Å². The van der Waals surface area contributed by atoms with Crippen molar-refractivity contribution < 1.29 is 9.13 Å². The van der Waals surface area contributed by atoms with E-state index in [1.807, 2.05) is 0 Å². The van der Waals surface area contributed by atoms with Crippen molar-refractivity contribution in [3.05, 3.63) is 50.7 Å². The summed E-state index contributed by atoms with van der Waals surface area (Å²) >= 11 is 15.2. The molecule has 2 rings (SSSR count). The van der Waals surface area contributed by atoms with E-state index in [4.69, 9.17) is 33.7 Å². The third-order valence-corrected chi connectivity index (χ3v) is 3.34. The van der Waals surface area contributed by atoms with Gasteiger partial charge in [-0.05, 0) is 40.2 Å². The molecule has 0 unspecified atom stereocenters. The van der Waals surface area contributed by atoms with Crippen LogP contribution in [0.2, 0.25) is 10.0 Å². The van der Waals surface area contributed by atoms with Gasteiger partial charge in [-0.25, -0.2) is 4.39 Å². The molecule has 0 aliphatic carbocycles. The zero-order valence-corrected chi connectivity index (χ0v) is 12.0. The second-order valence-corrected chi connectivity index (χ2v) is 5.16. The number of nitrogen functional groups attached to an aromatic ring is 1. The van der Waals surface area contributed by atoms with Crippen LogP contribution in [0.15, 0.2) is 34.8 Å². The van der Waals surface area contributed by atoms with E-state index in [9.17, 15) is 4.39 Å². The van der Waals surface area contributed by atoms with Crippen molar-refractivity contribution >= 4 is 44.8 Å². The fraction of sp³-hybridized carbons (Fsp3) is 0. The monoisotopic (exact) mass is 349 g/mol. The molecule has 18 heavy (non-hydrogen) atoms. The average molecular weight is 351 g/mol. The lowest BCUT2D eigenvalue weighted by Crippen LogP contribution is -1.91. The van der Waals surface area contributed by atoms with E-state index >= 15 is 0 Å². The quantitative estimate of drug-likeness (QED) is 0.749. The van der Waals surface area contributed by atoms with Gasteiger partial charge < -0.3 is 10.5 Å². The first-order valence-corrected chi connectivity index (χ1v) is 6.39. The molecule has 0 fully saturated rings. The molecule has 0 aliphatic rings. The minimum absolute atomic E-state index is 0.235. The summed E-state index contributed by atoms with van der Waals surface area (Å²) in [7, 11) is 0. The van der Waals surface area contributed by atoms with E-state index in [0.29, 0.717) is 10.2 Å². The van der Waals surface area contributed by atoms with Crippen LogP contribution in [0.4, 0.5) is 10.1 Å². The molecule has 0 saturated heterocycles.